The van der Waals surface area contributed by atoms with E-state index in [9.17, 15) is 4.79 Å². The summed E-state index contributed by atoms with van der Waals surface area (Å²) in [6.07, 6.45) is 3.57. The quantitative estimate of drug-likeness (QED) is 0.695. The van der Waals surface area contributed by atoms with Gasteiger partial charge in [0.1, 0.15) is 11.4 Å². The molecule has 1 aliphatic heterocycles. The van der Waals surface area contributed by atoms with Gasteiger partial charge in [-0.2, -0.15) is 0 Å². The number of anilines is 2. The lowest BCUT2D eigenvalue weighted by Crippen LogP contribution is -2.49. The maximum atomic E-state index is 12.9. The third kappa shape index (κ3) is 3.86. The van der Waals surface area contributed by atoms with Crippen LogP contribution < -0.4 is 20.3 Å². The number of methoxy groups -OCH3 is 1. The van der Waals surface area contributed by atoms with E-state index in [0.29, 0.717) is 23.2 Å². The van der Waals surface area contributed by atoms with Crippen LogP contribution in [0.3, 0.4) is 0 Å². The van der Waals surface area contributed by atoms with E-state index in [1.54, 1.807) is 16.7 Å². The summed E-state index contributed by atoms with van der Waals surface area (Å²) < 4.78 is 7.19. The molecule has 0 aliphatic carbocycles. The molecule has 0 saturated carbocycles. The van der Waals surface area contributed by atoms with Crippen molar-refractivity contribution in [1.82, 2.24) is 24.9 Å². The van der Waals surface area contributed by atoms with Crippen LogP contribution in [0.4, 0.5) is 11.6 Å². The van der Waals surface area contributed by atoms with Crippen molar-refractivity contribution in [2.45, 2.75) is 26.8 Å². The Hall–Kier alpha value is -3.20. The monoisotopic (exact) mass is 395 g/mol. The summed E-state index contributed by atoms with van der Waals surface area (Å²) in [5.41, 5.74) is 2.96. The van der Waals surface area contributed by atoms with Gasteiger partial charge < -0.3 is 24.7 Å². The second-order valence-electron chi connectivity index (χ2n) is 7.39. The molecule has 29 heavy (non-hydrogen) atoms. The average molecular weight is 395 g/mol. The van der Waals surface area contributed by atoms with Gasteiger partial charge in [-0.1, -0.05) is 0 Å². The number of rotatable bonds is 4. The Labute approximate surface area is 169 Å². The first-order chi connectivity index (χ1) is 13.9. The Morgan fingerprint density at radius 2 is 2.10 bits per heavy atom. The molecular formula is C20H25N7O2. The minimum atomic E-state index is -0.313. The molecule has 0 unspecified atom stereocenters. The van der Waals surface area contributed by atoms with Crippen molar-refractivity contribution >= 4 is 23.2 Å². The van der Waals surface area contributed by atoms with E-state index in [1.807, 2.05) is 26.1 Å². The molecule has 9 nitrogen and oxygen atoms in total. The Balaban J connectivity index is 1.57. The lowest BCUT2D eigenvalue weighted by Gasteiger charge is -2.33. The molecule has 0 bridgehead atoms. The first-order valence-electron chi connectivity index (χ1n) is 9.62. The number of pyridine rings is 1. The predicted molar refractivity (Wildman–Crippen MR) is 111 cm³/mol. The lowest BCUT2D eigenvalue weighted by atomic mass is 10.2. The van der Waals surface area contributed by atoms with E-state index in [0.717, 1.165) is 42.4 Å². The van der Waals surface area contributed by atoms with Gasteiger partial charge in [0.15, 0.2) is 11.6 Å². The van der Waals surface area contributed by atoms with E-state index < -0.39 is 0 Å². The van der Waals surface area contributed by atoms with E-state index in [2.05, 4.69) is 37.6 Å². The van der Waals surface area contributed by atoms with Crippen molar-refractivity contribution in [3.8, 4) is 5.75 Å². The highest BCUT2D eigenvalue weighted by Gasteiger charge is 2.20. The highest BCUT2D eigenvalue weighted by Crippen LogP contribution is 2.23. The number of aryl methyl sites for hydroxylation is 2. The predicted octanol–water partition coefficient (Wildman–Crippen LogP) is 1.80. The molecule has 4 heterocycles. The highest BCUT2D eigenvalue weighted by atomic mass is 16.5. The van der Waals surface area contributed by atoms with Gasteiger partial charge in [-0.3, -0.25) is 4.79 Å². The molecule has 2 N–H and O–H groups in total. The zero-order valence-corrected chi connectivity index (χ0v) is 17.1. The number of carbonyl (C=O) groups excluding carboxylic acids is 1. The fourth-order valence-corrected chi connectivity index (χ4v) is 3.64. The topological polar surface area (TPSA) is 96.7 Å². The Morgan fingerprint density at radius 3 is 2.83 bits per heavy atom. The van der Waals surface area contributed by atoms with Crippen molar-refractivity contribution in [3.63, 3.8) is 0 Å². The third-order valence-corrected chi connectivity index (χ3v) is 5.01. The zero-order chi connectivity index (χ0) is 20.5. The summed E-state index contributed by atoms with van der Waals surface area (Å²) in [6.45, 7) is 8.70. The molecule has 0 aromatic carbocycles. The first-order valence-corrected chi connectivity index (χ1v) is 9.62. The molecule has 1 amide bonds. The summed E-state index contributed by atoms with van der Waals surface area (Å²) >= 11 is 0. The number of imidazole rings is 1. The normalized spacial score (nSPS) is 16.8. The molecule has 1 saturated heterocycles. The third-order valence-electron chi connectivity index (χ3n) is 5.01. The lowest BCUT2D eigenvalue weighted by molar-refractivity contribution is 0.102. The van der Waals surface area contributed by atoms with Gasteiger partial charge in [-0.05, 0) is 32.4 Å². The molecule has 1 fully saturated rings. The minimum absolute atomic E-state index is 0.313. The van der Waals surface area contributed by atoms with Gasteiger partial charge in [0, 0.05) is 44.1 Å². The Morgan fingerprint density at radius 1 is 1.28 bits per heavy atom. The smallest absolute Gasteiger partial charge is 0.262 e. The van der Waals surface area contributed by atoms with Crippen LogP contribution in [0.2, 0.25) is 0 Å². The van der Waals surface area contributed by atoms with E-state index in [1.165, 1.54) is 7.11 Å². The molecule has 3 aromatic heterocycles. The van der Waals surface area contributed by atoms with E-state index in [-0.39, 0.29) is 5.91 Å². The number of hydrogen-bond acceptors (Lipinski definition) is 7. The van der Waals surface area contributed by atoms with Crippen molar-refractivity contribution < 1.29 is 9.53 Å². The van der Waals surface area contributed by atoms with Gasteiger partial charge in [0.25, 0.3) is 5.91 Å². The summed E-state index contributed by atoms with van der Waals surface area (Å²) in [4.78, 5) is 19.5. The van der Waals surface area contributed by atoms with Gasteiger partial charge in [0.05, 0.1) is 18.4 Å². The molecule has 0 radical (unpaired) electrons. The van der Waals surface area contributed by atoms with Gasteiger partial charge in [-0.15, -0.1) is 10.2 Å². The number of fused-ring (bicyclic) bond motifs is 1. The minimum Gasteiger partial charge on any atom is -0.496 e. The molecule has 4 rings (SSSR count). The van der Waals surface area contributed by atoms with Gasteiger partial charge in [0.2, 0.25) is 0 Å². The molecule has 152 valence electrons. The Kier molecular flexibility index (Phi) is 5.06. The first kappa shape index (κ1) is 19.1. The number of piperazine rings is 1. The van der Waals surface area contributed by atoms with Crippen LogP contribution in [-0.2, 0) is 0 Å². The Bertz CT molecular complexity index is 1060. The van der Waals surface area contributed by atoms with Crippen molar-refractivity contribution in [2.75, 3.05) is 37.0 Å². The fraction of sp³-hybridized carbons (Fsp3) is 0.400. The summed E-state index contributed by atoms with van der Waals surface area (Å²) in [5.74, 6) is 1.40. The number of nitrogens with one attached hydrogen (secondary N) is 2. The molecule has 1 aliphatic rings. The molecule has 0 spiro atoms. The van der Waals surface area contributed by atoms with Crippen LogP contribution in [0.1, 0.15) is 28.5 Å². The maximum Gasteiger partial charge on any atom is 0.262 e. The number of amides is 1. The fourth-order valence-electron chi connectivity index (χ4n) is 3.64. The maximum absolute atomic E-state index is 12.9. The largest absolute Gasteiger partial charge is 0.496 e. The van der Waals surface area contributed by atoms with Crippen LogP contribution in [0.15, 0.2) is 24.5 Å². The second kappa shape index (κ2) is 7.67. The highest BCUT2D eigenvalue weighted by molar-refractivity contribution is 6.05. The number of nitrogens with zero attached hydrogens (tertiary/aromatic N) is 5. The second-order valence-corrected chi connectivity index (χ2v) is 7.39. The average Bonchev–Trinajstić information content (AvgIpc) is 3.05. The van der Waals surface area contributed by atoms with Crippen molar-refractivity contribution in [3.05, 3.63) is 41.3 Å². The zero-order valence-electron chi connectivity index (χ0n) is 17.1. The van der Waals surface area contributed by atoms with E-state index >= 15 is 0 Å². The van der Waals surface area contributed by atoms with Crippen LogP contribution in [0, 0.1) is 13.8 Å². The molecular weight excluding hydrogens is 370 g/mol. The standard InChI is InChI=1S/C20H25N7O2/c1-12-7-17(24-25-19(12)26-6-5-21-13(2)9-26)23-20(28)15-11-27-10-14(3)22-18(27)8-16(15)29-4/h7-8,10-11,13,21H,5-6,9H2,1-4H3,(H,23,24,28)/t13-/m0/s1. The van der Waals surface area contributed by atoms with Crippen LogP contribution in [0.25, 0.3) is 5.65 Å². The summed E-state index contributed by atoms with van der Waals surface area (Å²) in [6, 6.07) is 3.99. The van der Waals surface area contributed by atoms with Gasteiger partial charge in [-0.25, -0.2) is 4.98 Å². The molecule has 3 aromatic rings. The van der Waals surface area contributed by atoms with Crippen LogP contribution in [-0.4, -0.2) is 58.3 Å². The van der Waals surface area contributed by atoms with Gasteiger partial charge >= 0.3 is 0 Å². The number of aromatic nitrogens is 4. The van der Waals surface area contributed by atoms with Crippen LogP contribution in [0.5, 0.6) is 5.75 Å². The van der Waals surface area contributed by atoms with Crippen LogP contribution >= 0.6 is 0 Å². The van der Waals surface area contributed by atoms with Crippen molar-refractivity contribution in [2.24, 2.45) is 0 Å². The van der Waals surface area contributed by atoms with Crippen molar-refractivity contribution in [1.29, 1.82) is 0 Å². The molecule has 1 atom stereocenters. The SMILES string of the molecule is COc1cc2nc(C)cn2cc1C(=O)Nc1cc(C)c(N2CCN[C@@H](C)C2)nn1. The number of hydrogen-bond donors (Lipinski definition) is 2. The van der Waals surface area contributed by atoms with E-state index in [4.69, 9.17) is 4.74 Å². The summed E-state index contributed by atoms with van der Waals surface area (Å²) in [5, 5.41) is 14.8. The molecule has 9 heteroatoms. The number of ether oxygens (including phenoxy) is 1. The summed E-state index contributed by atoms with van der Waals surface area (Å²) in [7, 11) is 1.53. The number of carbonyl (C=O) groups is 1.